The smallest absolute Gasteiger partial charge is 0.134 e. The van der Waals surface area contributed by atoms with E-state index in [0.717, 1.165) is 24.3 Å². The van der Waals surface area contributed by atoms with Crippen LogP contribution in [0.5, 0.6) is 0 Å². The van der Waals surface area contributed by atoms with Crippen LogP contribution in [0.2, 0.25) is 0 Å². The summed E-state index contributed by atoms with van der Waals surface area (Å²) in [6.45, 7) is 5.53. The maximum Gasteiger partial charge on any atom is 0.134 e. The van der Waals surface area contributed by atoms with E-state index in [0.29, 0.717) is 6.04 Å². The molecule has 98 valence electrons. The summed E-state index contributed by atoms with van der Waals surface area (Å²) in [7, 11) is 0. The van der Waals surface area contributed by atoms with E-state index >= 15 is 0 Å². The zero-order valence-electron chi connectivity index (χ0n) is 11.4. The van der Waals surface area contributed by atoms with E-state index in [1.54, 1.807) is 0 Å². The minimum Gasteiger partial charge on any atom is -0.461 e. The number of para-hydroxylation sites is 1. The molecule has 0 radical (unpaired) electrons. The highest BCUT2D eigenvalue weighted by Crippen LogP contribution is 2.20. The van der Waals surface area contributed by atoms with Gasteiger partial charge < -0.3 is 9.73 Å². The summed E-state index contributed by atoms with van der Waals surface area (Å²) in [4.78, 5) is 0. The van der Waals surface area contributed by atoms with Crippen molar-refractivity contribution >= 4 is 11.0 Å². The fourth-order valence-corrected chi connectivity index (χ4v) is 2.35. The molecule has 0 aliphatic carbocycles. The van der Waals surface area contributed by atoms with Crippen molar-refractivity contribution in [2.75, 3.05) is 6.54 Å². The van der Waals surface area contributed by atoms with Crippen molar-refractivity contribution in [1.29, 1.82) is 0 Å². The van der Waals surface area contributed by atoms with Crippen LogP contribution in [0.3, 0.4) is 0 Å². The first-order valence-corrected chi connectivity index (χ1v) is 7.04. The molecule has 2 aromatic rings. The van der Waals surface area contributed by atoms with Gasteiger partial charge in [0.2, 0.25) is 0 Å². The molecule has 0 amide bonds. The molecule has 2 heteroatoms. The molecule has 1 heterocycles. The monoisotopic (exact) mass is 245 g/mol. The normalized spacial score (nSPS) is 13.0. The SMILES string of the molecule is CCCN[C@@H](CCC)Cc1cc2ccccc2o1. The van der Waals surface area contributed by atoms with Gasteiger partial charge in [-0.1, -0.05) is 38.5 Å². The Morgan fingerprint density at radius 2 is 2.00 bits per heavy atom. The van der Waals surface area contributed by atoms with E-state index in [2.05, 4.69) is 37.4 Å². The number of hydrogen-bond acceptors (Lipinski definition) is 2. The Bertz CT molecular complexity index is 442. The molecule has 0 bridgehead atoms. The summed E-state index contributed by atoms with van der Waals surface area (Å²) in [6.07, 6.45) is 4.58. The first kappa shape index (κ1) is 13.2. The highest BCUT2D eigenvalue weighted by atomic mass is 16.3. The Kier molecular flexibility index (Phi) is 4.82. The molecule has 2 nitrogen and oxygen atoms in total. The van der Waals surface area contributed by atoms with Crippen molar-refractivity contribution in [3.63, 3.8) is 0 Å². The van der Waals surface area contributed by atoms with Crippen LogP contribution in [0.25, 0.3) is 11.0 Å². The Balaban J connectivity index is 2.05. The number of rotatable bonds is 7. The first-order valence-electron chi connectivity index (χ1n) is 7.04. The van der Waals surface area contributed by atoms with Crippen LogP contribution >= 0.6 is 0 Å². The Morgan fingerprint density at radius 1 is 1.17 bits per heavy atom. The van der Waals surface area contributed by atoms with Crippen LogP contribution in [0, 0.1) is 0 Å². The largest absolute Gasteiger partial charge is 0.461 e. The van der Waals surface area contributed by atoms with Gasteiger partial charge in [0.25, 0.3) is 0 Å². The van der Waals surface area contributed by atoms with Gasteiger partial charge >= 0.3 is 0 Å². The molecule has 18 heavy (non-hydrogen) atoms. The summed E-state index contributed by atoms with van der Waals surface area (Å²) in [5.74, 6) is 1.10. The Morgan fingerprint density at radius 3 is 2.72 bits per heavy atom. The van der Waals surface area contributed by atoms with Gasteiger partial charge in [-0.05, 0) is 31.5 Å². The second-order valence-electron chi connectivity index (χ2n) is 4.89. The Hall–Kier alpha value is -1.28. The molecule has 2 rings (SSSR count). The van der Waals surface area contributed by atoms with Crippen LogP contribution in [0.15, 0.2) is 34.7 Å². The molecule has 0 saturated carbocycles. The number of hydrogen-bond donors (Lipinski definition) is 1. The fourth-order valence-electron chi connectivity index (χ4n) is 2.35. The number of fused-ring (bicyclic) bond motifs is 1. The zero-order chi connectivity index (χ0) is 12.8. The zero-order valence-corrected chi connectivity index (χ0v) is 11.4. The topological polar surface area (TPSA) is 25.2 Å². The standard InChI is InChI=1S/C16H23NO/c1-3-7-14(17-10-4-2)12-15-11-13-8-5-6-9-16(13)18-15/h5-6,8-9,11,14,17H,3-4,7,10,12H2,1-2H3/t14-/m0/s1. The average molecular weight is 245 g/mol. The van der Waals surface area contributed by atoms with Gasteiger partial charge in [-0.3, -0.25) is 0 Å². The molecule has 1 atom stereocenters. The van der Waals surface area contributed by atoms with E-state index in [1.807, 2.05) is 12.1 Å². The molecule has 1 N–H and O–H groups in total. The summed E-state index contributed by atoms with van der Waals surface area (Å²) < 4.78 is 5.88. The second-order valence-corrected chi connectivity index (χ2v) is 4.89. The van der Waals surface area contributed by atoms with Crippen LogP contribution in [0.1, 0.15) is 38.9 Å². The van der Waals surface area contributed by atoms with Gasteiger partial charge in [-0.15, -0.1) is 0 Å². The quantitative estimate of drug-likeness (QED) is 0.793. The minimum atomic E-state index is 0.538. The third kappa shape index (κ3) is 3.36. The van der Waals surface area contributed by atoms with Crippen LogP contribution < -0.4 is 5.32 Å². The lowest BCUT2D eigenvalue weighted by Gasteiger charge is -2.16. The van der Waals surface area contributed by atoms with E-state index in [9.17, 15) is 0 Å². The highest BCUT2D eigenvalue weighted by molar-refractivity contribution is 5.77. The molecule has 0 unspecified atom stereocenters. The van der Waals surface area contributed by atoms with Crippen LogP contribution in [-0.2, 0) is 6.42 Å². The van der Waals surface area contributed by atoms with E-state index < -0.39 is 0 Å². The predicted molar refractivity (Wildman–Crippen MR) is 76.9 cm³/mol. The first-order chi connectivity index (χ1) is 8.83. The van der Waals surface area contributed by atoms with Crippen molar-refractivity contribution in [1.82, 2.24) is 5.32 Å². The minimum absolute atomic E-state index is 0.538. The predicted octanol–water partition coefficient (Wildman–Crippen LogP) is 4.14. The summed E-state index contributed by atoms with van der Waals surface area (Å²) in [6, 6.07) is 10.9. The number of benzene rings is 1. The molecule has 0 spiro atoms. The molecule has 1 aromatic carbocycles. The third-order valence-corrected chi connectivity index (χ3v) is 3.24. The maximum absolute atomic E-state index is 5.88. The van der Waals surface area contributed by atoms with Crippen molar-refractivity contribution in [3.05, 3.63) is 36.1 Å². The van der Waals surface area contributed by atoms with Gasteiger partial charge in [0.05, 0.1) is 0 Å². The van der Waals surface area contributed by atoms with Crippen LogP contribution in [0.4, 0.5) is 0 Å². The molecule has 1 aromatic heterocycles. The van der Waals surface area contributed by atoms with Gasteiger partial charge in [0.15, 0.2) is 0 Å². The number of furan rings is 1. The fraction of sp³-hybridized carbons (Fsp3) is 0.500. The molecule has 0 aliphatic heterocycles. The Labute approximate surface area is 109 Å². The lowest BCUT2D eigenvalue weighted by molar-refractivity contribution is 0.432. The van der Waals surface area contributed by atoms with Gasteiger partial charge in [-0.25, -0.2) is 0 Å². The lowest BCUT2D eigenvalue weighted by Crippen LogP contribution is -2.31. The number of nitrogens with one attached hydrogen (secondary N) is 1. The van der Waals surface area contributed by atoms with Crippen molar-refractivity contribution < 1.29 is 4.42 Å². The molecular formula is C16H23NO. The van der Waals surface area contributed by atoms with E-state index in [-0.39, 0.29) is 0 Å². The summed E-state index contributed by atoms with van der Waals surface area (Å²) in [5, 5.41) is 4.81. The molecular weight excluding hydrogens is 222 g/mol. The lowest BCUT2D eigenvalue weighted by atomic mass is 10.1. The highest BCUT2D eigenvalue weighted by Gasteiger charge is 2.11. The molecule has 0 fully saturated rings. The molecule has 0 aliphatic rings. The van der Waals surface area contributed by atoms with Gasteiger partial charge in [-0.2, -0.15) is 0 Å². The van der Waals surface area contributed by atoms with Crippen molar-refractivity contribution in [2.24, 2.45) is 0 Å². The van der Waals surface area contributed by atoms with E-state index in [1.165, 1.54) is 24.6 Å². The summed E-state index contributed by atoms with van der Waals surface area (Å²) in [5.41, 5.74) is 0.998. The third-order valence-electron chi connectivity index (χ3n) is 3.24. The molecule has 0 saturated heterocycles. The van der Waals surface area contributed by atoms with Crippen LogP contribution in [-0.4, -0.2) is 12.6 Å². The van der Waals surface area contributed by atoms with Crippen molar-refractivity contribution in [3.8, 4) is 0 Å². The van der Waals surface area contributed by atoms with E-state index in [4.69, 9.17) is 4.42 Å². The maximum atomic E-state index is 5.88. The summed E-state index contributed by atoms with van der Waals surface area (Å²) >= 11 is 0. The van der Waals surface area contributed by atoms with Gasteiger partial charge in [0.1, 0.15) is 11.3 Å². The van der Waals surface area contributed by atoms with Gasteiger partial charge in [0, 0.05) is 17.8 Å². The van der Waals surface area contributed by atoms with Crippen molar-refractivity contribution in [2.45, 2.75) is 45.6 Å². The average Bonchev–Trinajstić information content (AvgIpc) is 2.78. The second kappa shape index (κ2) is 6.60.